The summed E-state index contributed by atoms with van der Waals surface area (Å²) in [6, 6.07) is 7.23. The van der Waals surface area contributed by atoms with Gasteiger partial charge in [0, 0.05) is 34.0 Å². The van der Waals surface area contributed by atoms with E-state index >= 15 is 0 Å². The maximum atomic E-state index is 14.9. The van der Waals surface area contributed by atoms with E-state index in [4.69, 9.17) is 16.7 Å². The average Bonchev–Trinajstić information content (AvgIpc) is 3.06. The first-order valence-corrected chi connectivity index (χ1v) is 10.1. The fourth-order valence-corrected chi connectivity index (χ4v) is 4.48. The fraction of sp³-hybridized carbons (Fsp3) is 0.261. The van der Waals surface area contributed by atoms with Crippen LogP contribution in [0.15, 0.2) is 36.4 Å². The number of aryl methyl sites for hydroxylation is 1. The van der Waals surface area contributed by atoms with Crippen LogP contribution in [0.4, 0.5) is 17.6 Å². The Morgan fingerprint density at radius 1 is 1.13 bits per heavy atom. The molecule has 0 unspecified atom stereocenters. The third kappa shape index (κ3) is 4.06. The van der Waals surface area contributed by atoms with E-state index in [2.05, 4.69) is 4.98 Å². The van der Waals surface area contributed by atoms with Crippen molar-refractivity contribution in [2.24, 2.45) is 0 Å². The van der Waals surface area contributed by atoms with Gasteiger partial charge in [-0.05, 0) is 61.1 Å². The average molecular weight is 452 g/mol. The third-order valence-corrected chi connectivity index (χ3v) is 5.99. The number of fused-ring (bicyclic) bond motifs is 1. The molecule has 1 aliphatic rings. The van der Waals surface area contributed by atoms with Crippen LogP contribution in [0.5, 0.6) is 0 Å². The van der Waals surface area contributed by atoms with E-state index in [0.717, 1.165) is 36.2 Å². The van der Waals surface area contributed by atoms with Crippen LogP contribution in [0.1, 0.15) is 51.3 Å². The summed E-state index contributed by atoms with van der Waals surface area (Å²) in [5.41, 5.74) is 1.73. The maximum absolute atomic E-state index is 14.9. The number of carboxylic acid groups (broad SMARTS) is 1. The van der Waals surface area contributed by atoms with Gasteiger partial charge in [0.1, 0.15) is 5.82 Å². The van der Waals surface area contributed by atoms with Gasteiger partial charge >= 0.3 is 12.1 Å². The Morgan fingerprint density at radius 3 is 2.55 bits per heavy atom. The highest BCUT2D eigenvalue weighted by Gasteiger charge is 2.35. The number of alkyl halides is 3. The topological polar surface area (TPSA) is 53.1 Å². The number of hydrogen-bond acceptors (Lipinski definition) is 1. The molecule has 3 nitrogen and oxygen atoms in total. The van der Waals surface area contributed by atoms with Gasteiger partial charge in [-0.1, -0.05) is 23.7 Å². The van der Waals surface area contributed by atoms with Crippen molar-refractivity contribution in [3.63, 3.8) is 0 Å². The number of aromatic amines is 1. The van der Waals surface area contributed by atoms with Crippen molar-refractivity contribution >= 4 is 17.6 Å². The summed E-state index contributed by atoms with van der Waals surface area (Å²) in [5.74, 6) is -1.99. The van der Waals surface area contributed by atoms with E-state index in [1.54, 1.807) is 0 Å². The van der Waals surface area contributed by atoms with Crippen molar-refractivity contribution in [1.82, 2.24) is 4.98 Å². The van der Waals surface area contributed by atoms with Crippen LogP contribution in [-0.2, 0) is 25.4 Å². The molecule has 162 valence electrons. The monoisotopic (exact) mass is 451 g/mol. The van der Waals surface area contributed by atoms with Crippen LogP contribution in [0.3, 0.4) is 0 Å². The summed E-state index contributed by atoms with van der Waals surface area (Å²) in [5, 5.41) is 9.10. The van der Waals surface area contributed by atoms with E-state index in [1.807, 2.05) is 0 Å². The van der Waals surface area contributed by atoms with Crippen LogP contribution >= 0.6 is 11.6 Å². The molecule has 1 aliphatic carbocycles. The van der Waals surface area contributed by atoms with E-state index in [9.17, 15) is 22.4 Å². The lowest BCUT2D eigenvalue weighted by Crippen LogP contribution is -2.10. The lowest BCUT2D eigenvalue weighted by atomic mass is 9.89. The fourth-order valence-electron chi connectivity index (χ4n) is 4.24. The third-order valence-electron chi connectivity index (χ3n) is 5.64. The van der Waals surface area contributed by atoms with Gasteiger partial charge in [0.25, 0.3) is 0 Å². The Labute approximate surface area is 180 Å². The van der Waals surface area contributed by atoms with Crippen molar-refractivity contribution in [3.8, 4) is 11.1 Å². The molecule has 2 aromatic carbocycles. The molecule has 1 heterocycles. The Balaban J connectivity index is 1.89. The van der Waals surface area contributed by atoms with Crippen molar-refractivity contribution in [1.29, 1.82) is 0 Å². The zero-order valence-electron chi connectivity index (χ0n) is 16.2. The van der Waals surface area contributed by atoms with Crippen LogP contribution in [0, 0.1) is 5.82 Å². The van der Waals surface area contributed by atoms with Crippen LogP contribution in [-0.4, -0.2) is 16.1 Å². The minimum absolute atomic E-state index is 0.0185. The summed E-state index contributed by atoms with van der Waals surface area (Å²) >= 11 is 6.14. The number of hydrogen-bond donors (Lipinski definition) is 2. The number of carbonyl (C=O) groups is 1. The number of halogens is 5. The van der Waals surface area contributed by atoms with Crippen molar-refractivity contribution in [2.75, 3.05) is 0 Å². The van der Waals surface area contributed by atoms with Gasteiger partial charge < -0.3 is 10.1 Å². The molecule has 0 bridgehead atoms. The number of rotatable bonds is 4. The number of carboxylic acids is 1. The van der Waals surface area contributed by atoms with Crippen LogP contribution in [0.2, 0.25) is 5.02 Å². The highest BCUT2D eigenvalue weighted by atomic mass is 35.5. The molecule has 3 aromatic rings. The molecule has 31 heavy (non-hydrogen) atoms. The highest BCUT2D eigenvalue weighted by molar-refractivity contribution is 6.31. The van der Waals surface area contributed by atoms with Crippen molar-refractivity contribution in [2.45, 2.75) is 38.3 Å². The quantitative estimate of drug-likeness (QED) is 0.436. The molecule has 0 radical (unpaired) electrons. The molecule has 0 amide bonds. The number of aromatic carboxylic acids is 1. The van der Waals surface area contributed by atoms with Gasteiger partial charge in [-0.3, -0.25) is 0 Å². The minimum atomic E-state index is -4.58. The summed E-state index contributed by atoms with van der Waals surface area (Å²) < 4.78 is 55.7. The van der Waals surface area contributed by atoms with E-state index in [1.165, 1.54) is 24.3 Å². The molecule has 2 N–H and O–H groups in total. The van der Waals surface area contributed by atoms with Gasteiger partial charge in [-0.25, -0.2) is 9.18 Å². The highest BCUT2D eigenvalue weighted by Crippen LogP contribution is 2.41. The predicted octanol–water partition coefficient (Wildman–Crippen LogP) is 6.66. The standard InChI is InChI=1S/C23H18ClF4NO2/c24-17-6-3-5-16(23(26,27)28)15(17)11-20-21(14-4-1-2-7-19(14)29-20)13-9-8-12(22(30)31)10-18(13)25/h3,5-6,8-10,29H,1-2,4,7,11H2,(H,30,31). The molecule has 8 heteroatoms. The number of H-pyrrole nitrogens is 1. The number of aromatic nitrogens is 1. The first-order valence-electron chi connectivity index (χ1n) is 9.77. The number of nitrogens with one attached hydrogen (secondary N) is 1. The van der Waals surface area contributed by atoms with Crippen LogP contribution in [0.25, 0.3) is 11.1 Å². The van der Waals surface area contributed by atoms with E-state index in [-0.39, 0.29) is 28.1 Å². The molecule has 1 aromatic heterocycles. The smallest absolute Gasteiger partial charge is 0.416 e. The zero-order chi connectivity index (χ0) is 22.3. The van der Waals surface area contributed by atoms with Gasteiger partial charge in [-0.2, -0.15) is 13.2 Å². The lowest BCUT2D eigenvalue weighted by Gasteiger charge is -2.16. The summed E-state index contributed by atoms with van der Waals surface area (Å²) in [6.45, 7) is 0. The Hall–Kier alpha value is -2.80. The van der Waals surface area contributed by atoms with Gasteiger partial charge in [0.2, 0.25) is 0 Å². The van der Waals surface area contributed by atoms with Gasteiger partial charge in [0.05, 0.1) is 11.1 Å². The van der Waals surface area contributed by atoms with Gasteiger partial charge in [-0.15, -0.1) is 0 Å². The molecular weight excluding hydrogens is 434 g/mol. The van der Waals surface area contributed by atoms with E-state index < -0.39 is 23.5 Å². The Morgan fingerprint density at radius 2 is 1.87 bits per heavy atom. The van der Waals surface area contributed by atoms with E-state index in [0.29, 0.717) is 24.1 Å². The largest absolute Gasteiger partial charge is 0.478 e. The first-order chi connectivity index (χ1) is 14.7. The minimum Gasteiger partial charge on any atom is -0.478 e. The Kier molecular flexibility index (Phi) is 5.56. The lowest BCUT2D eigenvalue weighted by molar-refractivity contribution is -0.138. The summed E-state index contributed by atoms with van der Waals surface area (Å²) in [7, 11) is 0. The van der Waals surface area contributed by atoms with Crippen LogP contribution < -0.4 is 0 Å². The molecule has 0 saturated carbocycles. The van der Waals surface area contributed by atoms with Gasteiger partial charge in [0.15, 0.2) is 0 Å². The summed E-state index contributed by atoms with van der Waals surface area (Å²) in [6.07, 6.45) is -1.56. The first kappa shape index (κ1) is 21.4. The SMILES string of the molecule is O=C(O)c1ccc(-c2c(Cc3c(Cl)cccc3C(F)(F)F)[nH]c3c2CCCC3)c(F)c1. The molecular formula is C23H18ClF4NO2. The molecule has 0 fully saturated rings. The molecule has 0 aliphatic heterocycles. The molecule has 0 atom stereocenters. The molecule has 0 spiro atoms. The maximum Gasteiger partial charge on any atom is 0.416 e. The zero-order valence-corrected chi connectivity index (χ0v) is 17.0. The second-order valence-electron chi connectivity index (χ2n) is 7.58. The predicted molar refractivity (Wildman–Crippen MR) is 109 cm³/mol. The second kappa shape index (κ2) is 8.04. The van der Waals surface area contributed by atoms with Crippen molar-refractivity contribution < 1.29 is 27.5 Å². The molecule has 0 saturated heterocycles. The molecule has 4 rings (SSSR count). The normalized spacial score (nSPS) is 13.8. The van der Waals surface area contributed by atoms with Crippen molar-refractivity contribution in [3.05, 3.63) is 80.9 Å². The summed E-state index contributed by atoms with van der Waals surface area (Å²) in [4.78, 5) is 14.4. The Bertz CT molecular complexity index is 1170. The second-order valence-corrected chi connectivity index (χ2v) is 7.99. The number of benzene rings is 2.